The van der Waals surface area contributed by atoms with E-state index in [4.69, 9.17) is 23.8 Å². The average molecular weight is 338 g/mol. The second-order valence-corrected chi connectivity index (χ2v) is 5.29. The molecule has 0 atom stereocenters. The molecule has 4 nitrogen and oxygen atoms in total. The van der Waals surface area contributed by atoms with Gasteiger partial charge in [0.25, 0.3) is 5.91 Å². The van der Waals surface area contributed by atoms with Crippen LogP contribution in [0.5, 0.6) is 0 Å². The van der Waals surface area contributed by atoms with E-state index >= 15 is 0 Å². The molecule has 0 radical (unpaired) electrons. The van der Waals surface area contributed by atoms with Gasteiger partial charge in [0.1, 0.15) is 5.82 Å². The summed E-state index contributed by atoms with van der Waals surface area (Å²) in [4.78, 5) is 12.0. The van der Waals surface area contributed by atoms with Crippen molar-refractivity contribution in [3.05, 3.63) is 64.4 Å². The van der Waals surface area contributed by atoms with Gasteiger partial charge in [0, 0.05) is 11.3 Å². The van der Waals surface area contributed by atoms with Crippen molar-refractivity contribution in [2.75, 3.05) is 5.32 Å². The van der Waals surface area contributed by atoms with Crippen LogP contribution in [-0.4, -0.2) is 11.0 Å². The lowest BCUT2D eigenvalue weighted by molar-refractivity contribution is 0.0943. The third kappa shape index (κ3) is 4.16. The highest BCUT2D eigenvalue weighted by Crippen LogP contribution is 2.19. The fraction of sp³-hybridized carbons (Fsp3) is 0.0667. The van der Waals surface area contributed by atoms with Crippen molar-refractivity contribution in [3.63, 3.8) is 0 Å². The number of halogens is 2. The number of hydrogen-bond acceptors (Lipinski definition) is 2. The molecule has 0 bridgehead atoms. The van der Waals surface area contributed by atoms with E-state index in [0.717, 1.165) is 5.56 Å². The van der Waals surface area contributed by atoms with Gasteiger partial charge in [-0.05, 0) is 49.0 Å². The highest BCUT2D eigenvalue weighted by molar-refractivity contribution is 7.80. The topological polar surface area (TPSA) is 53.2 Å². The monoisotopic (exact) mass is 337 g/mol. The number of amides is 1. The van der Waals surface area contributed by atoms with Gasteiger partial charge in [0.2, 0.25) is 0 Å². The Bertz CT molecular complexity index is 724. The van der Waals surface area contributed by atoms with Crippen LogP contribution in [0.4, 0.5) is 10.1 Å². The zero-order valence-electron chi connectivity index (χ0n) is 11.6. The smallest absolute Gasteiger partial charge is 0.269 e. The minimum atomic E-state index is -0.515. The number of benzene rings is 2. The Balaban J connectivity index is 1.91. The molecule has 2 rings (SSSR count). The Labute approximate surface area is 137 Å². The first kappa shape index (κ1) is 16.2. The summed E-state index contributed by atoms with van der Waals surface area (Å²) in [6.07, 6.45) is 0. The lowest BCUT2D eigenvalue weighted by atomic mass is 10.1. The quantitative estimate of drug-likeness (QED) is 0.580. The number of carbonyl (C=O) groups is 1. The third-order valence-electron chi connectivity index (χ3n) is 2.86. The molecule has 7 heteroatoms. The molecule has 114 valence electrons. The summed E-state index contributed by atoms with van der Waals surface area (Å²) in [5, 5.41) is 2.93. The molecule has 0 heterocycles. The number of rotatable bonds is 2. The summed E-state index contributed by atoms with van der Waals surface area (Å²) in [5.41, 5.74) is 6.97. The van der Waals surface area contributed by atoms with Crippen LogP contribution in [0.15, 0.2) is 42.5 Å². The highest BCUT2D eigenvalue weighted by Gasteiger charge is 2.08. The summed E-state index contributed by atoms with van der Waals surface area (Å²) >= 11 is 10.7. The number of nitrogens with one attached hydrogen (secondary N) is 3. The molecule has 0 saturated heterocycles. The van der Waals surface area contributed by atoms with Crippen molar-refractivity contribution in [1.29, 1.82) is 0 Å². The molecule has 0 fully saturated rings. The molecule has 22 heavy (non-hydrogen) atoms. The second kappa shape index (κ2) is 7.20. The maximum absolute atomic E-state index is 13.1. The molecule has 0 aliphatic carbocycles. The van der Waals surface area contributed by atoms with E-state index in [1.165, 1.54) is 18.2 Å². The van der Waals surface area contributed by atoms with Crippen LogP contribution < -0.4 is 16.2 Å². The maximum Gasteiger partial charge on any atom is 0.269 e. The number of hydrogen-bond donors (Lipinski definition) is 3. The zero-order chi connectivity index (χ0) is 16.1. The highest BCUT2D eigenvalue weighted by atomic mass is 35.5. The molecular formula is C15H13ClFN3OS. The van der Waals surface area contributed by atoms with Gasteiger partial charge in [-0.2, -0.15) is 0 Å². The summed E-state index contributed by atoms with van der Waals surface area (Å²) in [6.45, 7) is 1.84. The molecule has 0 aliphatic rings. The minimum Gasteiger partial charge on any atom is -0.331 e. The number of aryl methyl sites for hydroxylation is 1. The summed E-state index contributed by atoms with van der Waals surface area (Å²) in [6, 6.07) is 11.3. The molecule has 2 aromatic carbocycles. The van der Waals surface area contributed by atoms with Gasteiger partial charge in [-0.1, -0.05) is 29.8 Å². The van der Waals surface area contributed by atoms with Gasteiger partial charge < -0.3 is 5.32 Å². The molecular weight excluding hydrogens is 325 g/mol. The standard InChI is InChI=1S/C15H13ClFN3OS/c1-9-4-2-3-5-11(9)14(21)19-20-15(22)18-10-6-7-13(17)12(16)8-10/h2-8H,1H3,(H,19,21)(H2,18,20,22). The summed E-state index contributed by atoms with van der Waals surface area (Å²) in [5.74, 6) is -0.821. The zero-order valence-corrected chi connectivity index (χ0v) is 13.2. The van der Waals surface area contributed by atoms with Gasteiger partial charge in [-0.15, -0.1) is 0 Å². The fourth-order valence-corrected chi connectivity index (χ4v) is 2.09. The van der Waals surface area contributed by atoms with Crippen molar-refractivity contribution in [2.24, 2.45) is 0 Å². The first-order valence-electron chi connectivity index (χ1n) is 6.35. The summed E-state index contributed by atoms with van der Waals surface area (Å²) in [7, 11) is 0. The first-order chi connectivity index (χ1) is 10.5. The first-order valence-corrected chi connectivity index (χ1v) is 7.14. The Morgan fingerprint density at radius 1 is 1.18 bits per heavy atom. The van der Waals surface area contributed by atoms with Crippen LogP contribution in [-0.2, 0) is 0 Å². The molecule has 3 N–H and O–H groups in total. The van der Waals surface area contributed by atoms with Crippen LogP contribution in [0.3, 0.4) is 0 Å². The molecule has 0 aromatic heterocycles. The van der Waals surface area contributed by atoms with Gasteiger partial charge in [0.15, 0.2) is 5.11 Å². The lowest BCUT2D eigenvalue weighted by Crippen LogP contribution is -2.43. The number of anilines is 1. The van der Waals surface area contributed by atoms with Crippen molar-refractivity contribution in [3.8, 4) is 0 Å². The largest absolute Gasteiger partial charge is 0.331 e. The van der Waals surface area contributed by atoms with Crippen molar-refractivity contribution < 1.29 is 9.18 Å². The lowest BCUT2D eigenvalue weighted by Gasteiger charge is -2.12. The van der Waals surface area contributed by atoms with Gasteiger partial charge in [-0.3, -0.25) is 15.6 Å². The van der Waals surface area contributed by atoms with E-state index in [1.807, 2.05) is 19.1 Å². The van der Waals surface area contributed by atoms with Crippen LogP contribution in [0.1, 0.15) is 15.9 Å². The Morgan fingerprint density at radius 2 is 1.91 bits per heavy atom. The number of thiocarbonyl (C=S) groups is 1. The van der Waals surface area contributed by atoms with E-state index in [9.17, 15) is 9.18 Å². The normalized spacial score (nSPS) is 9.95. The molecule has 2 aromatic rings. The Kier molecular flexibility index (Phi) is 5.30. The van der Waals surface area contributed by atoms with E-state index in [-0.39, 0.29) is 16.0 Å². The van der Waals surface area contributed by atoms with E-state index in [0.29, 0.717) is 11.3 Å². The minimum absolute atomic E-state index is 0.0169. The number of carbonyl (C=O) groups excluding carboxylic acids is 1. The van der Waals surface area contributed by atoms with Gasteiger partial charge >= 0.3 is 0 Å². The maximum atomic E-state index is 13.1. The van der Waals surface area contributed by atoms with Crippen LogP contribution in [0.2, 0.25) is 5.02 Å². The SMILES string of the molecule is Cc1ccccc1C(=O)NNC(=S)Nc1ccc(F)c(Cl)c1. The molecule has 0 aliphatic heterocycles. The van der Waals surface area contributed by atoms with E-state index in [1.54, 1.807) is 12.1 Å². The predicted octanol–water partition coefficient (Wildman–Crippen LogP) is 3.42. The van der Waals surface area contributed by atoms with Crippen LogP contribution in [0.25, 0.3) is 0 Å². The molecule has 0 unspecified atom stereocenters. The van der Waals surface area contributed by atoms with Crippen LogP contribution in [0, 0.1) is 12.7 Å². The molecule has 0 spiro atoms. The summed E-state index contributed by atoms with van der Waals surface area (Å²) < 4.78 is 13.1. The predicted molar refractivity (Wildman–Crippen MR) is 89.4 cm³/mol. The second-order valence-electron chi connectivity index (χ2n) is 4.48. The van der Waals surface area contributed by atoms with E-state index in [2.05, 4.69) is 16.2 Å². The van der Waals surface area contributed by atoms with Crippen LogP contribution >= 0.6 is 23.8 Å². The average Bonchev–Trinajstić information content (AvgIpc) is 2.49. The Hall–Kier alpha value is -2.18. The molecule has 1 amide bonds. The third-order valence-corrected chi connectivity index (χ3v) is 3.35. The fourth-order valence-electron chi connectivity index (χ4n) is 1.74. The molecule has 0 saturated carbocycles. The van der Waals surface area contributed by atoms with Crippen molar-refractivity contribution in [2.45, 2.75) is 6.92 Å². The van der Waals surface area contributed by atoms with Gasteiger partial charge in [-0.25, -0.2) is 4.39 Å². The van der Waals surface area contributed by atoms with Crippen molar-refractivity contribution in [1.82, 2.24) is 10.9 Å². The van der Waals surface area contributed by atoms with Crippen molar-refractivity contribution >= 4 is 40.5 Å². The number of hydrazine groups is 1. The van der Waals surface area contributed by atoms with E-state index < -0.39 is 5.82 Å². The Morgan fingerprint density at radius 3 is 2.59 bits per heavy atom. The van der Waals surface area contributed by atoms with Gasteiger partial charge in [0.05, 0.1) is 5.02 Å².